The second-order valence-corrected chi connectivity index (χ2v) is 9.04. The topological polar surface area (TPSA) is 123 Å². The zero-order valence-electron chi connectivity index (χ0n) is 20.5. The number of rotatable bonds is 10. The first-order valence-corrected chi connectivity index (χ1v) is 11.4. The van der Waals surface area contributed by atoms with E-state index in [2.05, 4.69) is 16.0 Å². The van der Waals surface area contributed by atoms with Crippen LogP contribution in [-0.2, 0) is 30.5 Å². The Bertz CT molecular complexity index is 989. The maximum absolute atomic E-state index is 12.6. The van der Waals surface area contributed by atoms with Crippen molar-refractivity contribution in [3.63, 3.8) is 0 Å². The number of para-hydroxylation sites is 1. The highest BCUT2D eigenvalue weighted by atomic mass is 16.6. The van der Waals surface area contributed by atoms with Crippen molar-refractivity contribution in [2.75, 3.05) is 5.32 Å². The number of anilines is 1. The third kappa shape index (κ3) is 11.2. The van der Waals surface area contributed by atoms with Crippen LogP contribution in [0.1, 0.15) is 46.1 Å². The number of nitrogens with one attached hydrogen (secondary N) is 3. The SMILES string of the molecule is C[C@H](NC(=O)C[C@H](CC(=O)OCc1ccccc1)NC(=O)OC(C)(C)C)C(=O)Nc1ccccc1. The molecule has 9 heteroatoms. The van der Waals surface area contributed by atoms with E-state index < -0.39 is 41.6 Å². The number of alkyl carbamates (subject to hydrolysis) is 1. The zero-order chi connectivity index (χ0) is 25.8. The molecule has 188 valence electrons. The van der Waals surface area contributed by atoms with Crippen LogP contribution in [0.5, 0.6) is 0 Å². The third-order valence-corrected chi connectivity index (χ3v) is 4.62. The normalized spacial score (nSPS) is 12.6. The highest BCUT2D eigenvalue weighted by Gasteiger charge is 2.25. The molecule has 3 N–H and O–H groups in total. The summed E-state index contributed by atoms with van der Waals surface area (Å²) in [6.07, 6.45) is -1.26. The molecule has 0 bridgehead atoms. The Morgan fingerprint density at radius 3 is 2.06 bits per heavy atom. The van der Waals surface area contributed by atoms with Crippen molar-refractivity contribution in [1.29, 1.82) is 0 Å². The maximum atomic E-state index is 12.6. The van der Waals surface area contributed by atoms with Gasteiger partial charge in [-0.25, -0.2) is 4.79 Å². The molecule has 0 aliphatic rings. The third-order valence-electron chi connectivity index (χ3n) is 4.62. The van der Waals surface area contributed by atoms with E-state index in [-0.39, 0.29) is 19.4 Å². The van der Waals surface area contributed by atoms with Crippen LogP contribution < -0.4 is 16.0 Å². The summed E-state index contributed by atoms with van der Waals surface area (Å²) in [6.45, 7) is 6.72. The molecule has 9 nitrogen and oxygen atoms in total. The fourth-order valence-corrected chi connectivity index (χ4v) is 3.01. The zero-order valence-corrected chi connectivity index (χ0v) is 20.5. The van der Waals surface area contributed by atoms with Crippen LogP contribution in [0.3, 0.4) is 0 Å². The first-order chi connectivity index (χ1) is 16.5. The average molecular weight is 484 g/mol. The van der Waals surface area contributed by atoms with Crippen molar-refractivity contribution in [3.8, 4) is 0 Å². The van der Waals surface area contributed by atoms with Crippen LogP contribution >= 0.6 is 0 Å². The first kappa shape index (κ1) is 27.4. The van der Waals surface area contributed by atoms with Crippen LogP contribution in [-0.4, -0.2) is 41.6 Å². The molecule has 35 heavy (non-hydrogen) atoms. The number of carbonyl (C=O) groups excluding carboxylic acids is 4. The molecule has 2 atom stereocenters. The average Bonchev–Trinajstić information content (AvgIpc) is 2.77. The van der Waals surface area contributed by atoms with Gasteiger partial charge in [0, 0.05) is 12.1 Å². The molecule has 2 rings (SSSR count). The molecule has 0 heterocycles. The standard InChI is InChI=1S/C26H33N3O6/c1-18(24(32)28-20-13-9-6-10-14-20)27-22(30)15-21(29-25(33)35-26(2,3)4)16-23(31)34-17-19-11-7-5-8-12-19/h5-14,18,21H,15-17H2,1-4H3,(H,27,30)(H,28,32)(H,29,33)/t18-,21+/m0/s1. The quantitative estimate of drug-likeness (QED) is 0.444. The van der Waals surface area contributed by atoms with E-state index in [4.69, 9.17) is 9.47 Å². The van der Waals surface area contributed by atoms with Crippen LogP contribution in [0, 0.1) is 0 Å². The summed E-state index contributed by atoms with van der Waals surface area (Å²) in [5.41, 5.74) is 0.659. The van der Waals surface area contributed by atoms with E-state index in [9.17, 15) is 19.2 Å². The first-order valence-electron chi connectivity index (χ1n) is 11.4. The molecule has 0 aliphatic heterocycles. The summed E-state index contributed by atoms with van der Waals surface area (Å²) < 4.78 is 10.5. The van der Waals surface area contributed by atoms with Gasteiger partial charge in [0.2, 0.25) is 11.8 Å². The van der Waals surface area contributed by atoms with E-state index in [1.54, 1.807) is 52.0 Å². The molecule has 0 unspecified atom stereocenters. The smallest absolute Gasteiger partial charge is 0.407 e. The summed E-state index contributed by atoms with van der Waals surface area (Å²) in [6, 6.07) is 16.3. The minimum absolute atomic E-state index is 0.0711. The molecule has 3 amide bonds. The van der Waals surface area contributed by atoms with Crippen LogP contribution in [0.25, 0.3) is 0 Å². The molecule has 0 saturated heterocycles. The van der Waals surface area contributed by atoms with Gasteiger partial charge >= 0.3 is 12.1 Å². The van der Waals surface area contributed by atoms with Gasteiger partial charge < -0.3 is 25.4 Å². The fourth-order valence-electron chi connectivity index (χ4n) is 3.01. The molecule has 0 aliphatic carbocycles. The van der Waals surface area contributed by atoms with Crippen LogP contribution in [0.2, 0.25) is 0 Å². The summed E-state index contributed by atoms with van der Waals surface area (Å²) in [5, 5.41) is 7.85. The van der Waals surface area contributed by atoms with Gasteiger partial charge in [0.1, 0.15) is 18.2 Å². The molecule has 0 spiro atoms. The van der Waals surface area contributed by atoms with E-state index in [0.717, 1.165) is 5.56 Å². The van der Waals surface area contributed by atoms with Gasteiger partial charge in [0.25, 0.3) is 0 Å². The van der Waals surface area contributed by atoms with E-state index in [1.165, 1.54) is 0 Å². The Morgan fingerprint density at radius 1 is 0.857 bits per heavy atom. The molecule has 2 aromatic carbocycles. The summed E-state index contributed by atoms with van der Waals surface area (Å²) in [5.74, 6) is -1.50. The number of hydrogen-bond acceptors (Lipinski definition) is 6. The minimum atomic E-state index is -0.891. The molecule has 0 aromatic heterocycles. The van der Waals surface area contributed by atoms with Gasteiger partial charge in [0.15, 0.2) is 0 Å². The van der Waals surface area contributed by atoms with Crippen molar-refractivity contribution in [2.45, 2.75) is 64.8 Å². The maximum Gasteiger partial charge on any atom is 0.407 e. The van der Waals surface area contributed by atoms with Crippen molar-refractivity contribution < 1.29 is 28.7 Å². The minimum Gasteiger partial charge on any atom is -0.461 e. The van der Waals surface area contributed by atoms with Crippen LogP contribution in [0.4, 0.5) is 10.5 Å². The fraction of sp³-hybridized carbons (Fsp3) is 0.385. The molecule has 2 aromatic rings. The highest BCUT2D eigenvalue weighted by Crippen LogP contribution is 2.10. The van der Waals surface area contributed by atoms with Gasteiger partial charge in [-0.3, -0.25) is 14.4 Å². The van der Waals surface area contributed by atoms with Crippen molar-refractivity contribution >= 4 is 29.6 Å². The predicted molar refractivity (Wildman–Crippen MR) is 131 cm³/mol. The second-order valence-electron chi connectivity index (χ2n) is 9.04. The number of benzene rings is 2. The van der Waals surface area contributed by atoms with Crippen molar-refractivity contribution in [2.24, 2.45) is 0 Å². The van der Waals surface area contributed by atoms with Crippen molar-refractivity contribution in [1.82, 2.24) is 10.6 Å². The number of carbonyl (C=O) groups is 4. The Hall–Kier alpha value is -3.88. The predicted octanol–water partition coefficient (Wildman–Crippen LogP) is 3.55. The summed E-state index contributed by atoms with van der Waals surface area (Å²) in [4.78, 5) is 49.7. The van der Waals surface area contributed by atoms with Crippen molar-refractivity contribution in [3.05, 3.63) is 66.2 Å². The van der Waals surface area contributed by atoms with Gasteiger partial charge in [-0.15, -0.1) is 0 Å². The lowest BCUT2D eigenvalue weighted by Gasteiger charge is -2.23. The number of amides is 3. The number of esters is 1. The number of ether oxygens (including phenoxy) is 2. The van der Waals surface area contributed by atoms with Gasteiger partial charge in [-0.1, -0.05) is 48.5 Å². The molecular formula is C26H33N3O6. The highest BCUT2D eigenvalue weighted by molar-refractivity contribution is 5.97. The van der Waals surface area contributed by atoms with E-state index in [1.807, 2.05) is 36.4 Å². The van der Waals surface area contributed by atoms with Gasteiger partial charge in [-0.2, -0.15) is 0 Å². The summed E-state index contributed by atoms with van der Waals surface area (Å²) in [7, 11) is 0. The molecule has 0 saturated carbocycles. The largest absolute Gasteiger partial charge is 0.461 e. The molecule has 0 fully saturated rings. The lowest BCUT2D eigenvalue weighted by Crippen LogP contribution is -2.46. The van der Waals surface area contributed by atoms with Gasteiger partial charge in [0.05, 0.1) is 12.5 Å². The molecule has 0 radical (unpaired) electrons. The second kappa shape index (κ2) is 13.1. The van der Waals surface area contributed by atoms with E-state index >= 15 is 0 Å². The monoisotopic (exact) mass is 483 g/mol. The summed E-state index contributed by atoms with van der Waals surface area (Å²) >= 11 is 0. The lowest BCUT2D eigenvalue weighted by molar-refractivity contribution is -0.145. The molecular weight excluding hydrogens is 450 g/mol. The van der Waals surface area contributed by atoms with Gasteiger partial charge in [-0.05, 0) is 45.4 Å². The Kier molecular flexibility index (Phi) is 10.3. The Labute approximate surface area is 205 Å². The van der Waals surface area contributed by atoms with Crippen LogP contribution in [0.15, 0.2) is 60.7 Å². The van der Waals surface area contributed by atoms with E-state index in [0.29, 0.717) is 5.69 Å². The number of hydrogen-bond donors (Lipinski definition) is 3. The Balaban J connectivity index is 1.94. The lowest BCUT2D eigenvalue weighted by atomic mass is 10.1. The Morgan fingerprint density at radius 2 is 1.46 bits per heavy atom.